The summed E-state index contributed by atoms with van der Waals surface area (Å²) in [5.41, 5.74) is 6.07. The van der Waals surface area contributed by atoms with E-state index in [1.807, 2.05) is 11.3 Å². The maximum atomic E-state index is 6.07. The lowest BCUT2D eigenvalue weighted by Crippen LogP contribution is -2.09. The van der Waals surface area contributed by atoms with Crippen LogP contribution in [0.2, 0.25) is 0 Å². The number of nitrogens with two attached hydrogens (primary N) is 1. The van der Waals surface area contributed by atoms with Crippen LogP contribution < -0.4 is 5.73 Å². The Morgan fingerprint density at radius 1 is 1.29 bits per heavy atom. The number of thiophene rings is 1. The molecule has 82 valence electrons. The topological polar surface area (TPSA) is 26.0 Å². The zero-order chi connectivity index (χ0) is 9.84. The smallest absolute Gasteiger partial charge is 0.0389 e. The van der Waals surface area contributed by atoms with Gasteiger partial charge < -0.3 is 5.73 Å². The van der Waals surface area contributed by atoms with Gasteiger partial charge in [0.15, 0.2) is 0 Å². The molecule has 1 nitrogen and oxygen atoms in total. The summed E-state index contributed by atoms with van der Waals surface area (Å²) in [5, 5.41) is 0. The van der Waals surface area contributed by atoms with Crippen molar-refractivity contribution in [2.24, 2.45) is 11.7 Å². The Labute approximate surface area is 97.1 Å². The summed E-state index contributed by atoms with van der Waals surface area (Å²) in [6.45, 7) is 6.61. The van der Waals surface area contributed by atoms with Gasteiger partial charge in [0.1, 0.15) is 0 Å². The van der Waals surface area contributed by atoms with Crippen LogP contribution in [0.15, 0.2) is 12.1 Å². The van der Waals surface area contributed by atoms with Crippen molar-refractivity contribution in [1.82, 2.24) is 0 Å². The van der Waals surface area contributed by atoms with E-state index in [1.54, 1.807) is 0 Å². The molecule has 0 fully saturated rings. The van der Waals surface area contributed by atoms with Crippen LogP contribution in [0.5, 0.6) is 0 Å². The van der Waals surface area contributed by atoms with Crippen molar-refractivity contribution in [3.63, 3.8) is 0 Å². The van der Waals surface area contributed by atoms with E-state index in [1.165, 1.54) is 16.2 Å². The minimum absolute atomic E-state index is 0. The highest BCUT2D eigenvalue weighted by Gasteiger charge is 2.08. The maximum Gasteiger partial charge on any atom is 0.0389 e. The lowest BCUT2D eigenvalue weighted by molar-refractivity contribution is 0.510. The van der Waals surface area contributed by atoms with Crippen LogP contribution in [0.3, 0.4) is 0 Å². The lowest BCUT2D eigenvalue weighted by atomic mass is 10.0. The highest BCUT2D eigenvalue weighted by molar-refractivity contribution is 7.12. The lowest BCUT2D eigenvalue weighted by Gasteiger charge is -2.10. The van der Waals surface area contributed by atoms with Gasteiger partial charge >= 0.3 is 0 Å². The minimum atomic E-state index is 0. The second-order valence-corrected chi connectivity index (χ2v) is 5.35. The summed E-state index contributed by atoms with van der Waals surface area (Å²) in [6.07, 6.45) is 2.33. The maximum absolute atomic E-state index is 6.07. The van der Waals surface area contributed by atoms with E-state index in [-0.39, 0.29) is 18.4 Å². The Bertz CT molecular complexity index is 258. The Morgan fingerprint density at radius 3 is 2.36 bits per heavy atom. The molecule has 0 unspecified atom stereocenters. The van der Waals surface area contributed by atoms with Crippen LogP contribution in [-0.4, -0.2) is 0 Å². The molecule has 0 aliphatic heterocycles. The van der Waals surface area contributed by atoms with Crippen LogP contribution in [-0.2, 0) is 0 Å². The molecule has 1 rings (SSSR count). The van der Waals surface area contributed by atoms with Gasteiger partial charge in [0, 0.05) is 15.8 Å². The molecule has 0 aliphatic carbocycles. The van der Waals surface area contributed by atoms with Gasteiger partial charge in [0.05, 0.1) is 0 Å². The van der Waals surface area contributed by atoms with Crippen LogP contribution in [0, 0.1) is 12.8 Å². The van der Waals surface area contributed by atoms with E-state index in [0.717, 1.165) is 12.3 Å². The molecule has 0 spiro atoms. The first-order chi connectivity index (χ1) is 6.09. The van der Waals surface area contributed by atoms with Gasteiger partial charge in [-0.05, 0) is 37.8 Å². The van der Waals surface area contributed by atoms with Crippen LogP contribution >= 0.6 is 23.7 Å². The van der Waals surface area contributed by atoms with E-state index in [9.17, 15) is 0 Å². The van der Waals surface area contributed by atoms with Gasteiger partial charge in [-0.2, -0.15) is 0 Å². The summed E-state index contributed by atoms with van der Waals surface area (Å²) < 4.78 is 0. The fourth-order valence-corrected chi connectivity index (χ4v) is 2.22. The Balaban J connectivity index is 0.00000169. The summed E-state index contributed by atoms with van der Waals surface area (Å²) in [6, 6.07) is 4.56. The Morgan fingerprint density at radius 2 is 1.93 bits per heavy atom. The molecule has 0 aromatic carbocycles. The summed E-state index contributed by atoms with van der Waals surface area (Å²) in [7, 11) is 0. The zero-order valence-corrected chi connectivity index (χ0v) is 10.8. The molecule has 0 radical (unpaired) electrons. The van der Waals surface area contributed by atoms with Crippen LogP contribution in [0.4, 0.5) is 0 Å². The molecule has 0 bridgehead atoms. The molecule has 2 N–H and O–H groups in total. The standard InChI is InChI=1S/C11H19NS.ClH/c1-8(2)4-6-10(12)11-7-5-9(3)13-11;/h5,7-8,10H,4,6,12H2,1-3H3;1H/t10-;/m0./s1. The molecule has 0 saturated carbocycles. The molecule has 1 aromatic rings. The molecular formula is C11H20ClNS. The van der Waals surface area contributed by atoms with Gasteiger partial charge in [0.25, 0.3) is 0 Å². The first-order valence-corrected chi connectivity index (χ1v) is 5.73. The predicted octanol–water partition coefficient (Wildman–Crippen LogP) is 3.91. The van der Waals surface area contributed by atoms with Crippen molar-refractivity contribution < 1.29 is 0 Å². The fourth-order valence-electron chi connectivity index (χ4n) is 1.31. The second kappa shape index (κ2) is 6.44. The highest BCUT2D eigenvalue weighted by Crippen LogP contribution is 2.25. The molecule has 0 saturated heterocycles. The first-order valence-electron chi connectivity index (χ1n) is 4.91. The molecule has 0 amide bonds. The van der Waals surface area contributed by atoms with E-state index in [0.29, 0.717) is 0 Å². The van der Waals surface area contributed by atoms with Gasteiger partial charge in [0.2, 0.25) is 0 Å². The van der Waals surface area contributed by atoms with Gasteiger partial charge in [-0.15, -0.1) is 23.7 Å². The Kier molecular flexibility index (Phi) is 6.41. The quantitative estimate of drug-likeness (QED) is 0.839. The van der Waals surface area contributed by atoms with E-state index in [4.69, 9.17) is 5.73 Å². The first kappa shape index (κ1) is 13.9. The number of rotatable bonds is 4. The average Bonchev–Trinajstić information content (AvgIpc) is 2.47. The summed E-state index contributed by atoms with van der Waals surface area (Å²) in [5.74, 6) is 0.757. The second-order valence-electron chi connectivity index (χ2n) is 4.03. The van der Waals surface area contributed by atoms with Crippen LogP contribution in [0.25, 0.3) is 0 Å². The minimum Gasteiger partial charge on any atom is -0.323 e. The molecule has 1 aromatic heterocycles. The third-order valence-corrected chi connectivity index (χ3v) is 3.31. The van der Waals surface area contributed by atoms with E-state index in [2.05, 4.69) is 32.9 Å². The highest BCUT2D eigenvalue weighted by atomic mass is 35.5. The zero-order valence-electron chi connectivity index (χ0n) is 9.12. The number of hydrogen-bond donors (Lipinski definition) is 1. The van der Waals surface area contributed by atoms with E-state index < -0.39 is 0 Å². The summed E-state index contributed by atoms with van der Waals surface area (Å²) >= 11 is 1.82. The SMILES string of the molecule is Cc1ccc([C@@H](N)CCC(C)C)s1.Cl. The van der Waals surface area contributed by atoms with Gasteiger partial charge in [-0.3, -0.25) is 0 Å². The average molecular weight is 234 g/mol. The van der Waals surface area contributed by atoms with Gasteiger partial charge in [-0.25, -0.2) is 0 Å². The van der Waals surface area contributed by atoms with Crippen LogP contribution in [0.1, 0.15) is 42.5 Å². The molecule has 14 heavy (non-hydrogen) atoms. The Hall–Kier alpha value is -0.0500. The molecular weight excluding hydrogens is 214 g/mol. The van der Waals surface area contributed by atoms with Crippen molar-refractivity contribution in [2.45, 2.75) is 39.7 Å². The van der Waals surface area contributed by atoms with E-state index >= 15 is 0 Å². The number of hydrogen-bond acceptors (Lipinski definition) is 2. The summed E-state index contributed by atoms with van der Waals surface area (Å²) in [4.78, 5) is 2.69. The molecule has 3 heteroatoms. The van der Waals surface area contributed by atoms with Crippen molar-refractivity contribution in [1.29, 1.82) is 0 Å². The largest absolute Gasteiger partial charge is 0.323 e. The van der Waals surface area contributed by atoms with Crippen molar-refractivity contribution in [2.75, 3.05) is 0 Å². The van der Waals surface area contributed by atoms with Crippen molar-refractivity contribution in [3.8, 4) is 0 Å². The monoisotopic (exact) mass is 233 g/mol. The number of halogens is 1. The fraction of sp³-hybridized carbons (Fsp3) is 0.636. The van der Waals surface area contributed by atoms with Gasteiger partial charge in [-0.1, -0.05) is 13.8 Å². The third-order valence-electron chi connectivity index (χ3n) is 2.18. The number of aryl methyl sites for hydroxylation is 1. The normalized spacial score (nSPS) is 12.6. The molecule has 0 aliphatic rings. The molecule has 1 atom stereocenters. The van der Waals surface area contributed by atoms with Crippen molar-refractivity contribution >= 4 is 23.7 Å². The predicted molar refractivity (Wildman–Crippen MR) is 67.3 cm³/mol. The molecule has 1 heterocycles. The third kappa shape index (κ3) is 4.45. The van der Waals surface area contributed by atoms with Crippen molar-refractivity contribution in [3.05, 3.63) is 21.9 Å².